The van der Waals surface area contributed by atoms with Gasteiger partial charge in [0.1, 0.15) is 6.54 Å². The van der Waals surface area contributed by atoms with Crippen LogP contribution in [-0.2, 0) is 6.54 Å². The smallest absolute Gasteiger partial charge is 0.102 e. The molecule has 0 bridgehead atoms. The Labute approximate surface area is 67.4 Å². The number of anilines is 1. The Morgan fingerprint density at radius 3 is 2.73 bits per heavy atom. The highest BCUT2D eigenvalue weighted by Crippen LogP contribution is 2.12. The predicted octanol–water partition coefficient (Wildman–Crippen LogP) is 0.860. The summed E-state index contributed by atoms with van der Waals surface area (Å²) in [4.78, 5) is 0. The first-order valence-electron chi connectivity index (χ1n) is 3.99. The summed E-state index contributed by atoms with van der Waals surface area (Å²) in [5, 5.41) is 3.29. The molecule has 1 rings (SSSR count). The molecule has 0 saturated carbocycles. The predicted molar refractivity (Wildman–Crippen MR) is 47.2 cm³/mol. The maximum atomic E-state index is 3.86. The van der Waals surface area contributed by atoms with E-state index in [1.165, 1.54) is 11.3 Å². The van der Waals surface area contributed by atoms with Gasteiger partial charge < -0.3 is 11.1 Å². The first-order valence-corrected chi connectivity index (χ1v) is 3.99. The number of hydrogen-bond acceptors (Lipinski definition) is 1. The van der Waals surface area contributed by atoms with Crippen LogP contribution in [0.5, 0.6) is 0 Å². The third-order valence-corrected chi connectivity index (χ3v) is 1.65. The quantitative estimate of drug-likeness (QED) is 0.661. The van der Waals surface area contributed by atoms with E-state index in [1.54, 1.807) is 0 Å². The van der Waals surface area contributed by atoms with Crippen molar-refractivity contribution in [3.05, 3.63) is 29.8 Å². The van der Waals surface area contributed by atoms with Gasteiger partial charge in [-0.15, -0.1) is 0 Å². The van der Waals surface area contributed by atoms with Gasteiger partial charge in [-0.2, -0.15) is 0 Å². The second kappa shape index (κ2) is 3.98. The molecule has 0 amide bonds. The van der Waals surface area contributed by atoms with Crippen molar-refractivity contribution in [1.82, 2.24) is 0 Å². The van der Waals surface area contributed by atoms with Crippen LogP contribution >= 0.6 is 0 Å². The van der Waals surface area contributed by atoms with Crippen LogP contribution in [0.3, 0.4) is 0 Å². The van der Waals surface area contributed by atoms with Gasteiger partial charge in [-0.25, -0.2) is 0 Å². The maximum absolute atomic E-state index is 3.86. The van der Waals surface area contributed by atoms with Gasteiger partial charge in [0, 0.05) is 17.8 Å². The minimum Gasteiger partial charge on any atom is -0.385 e. The van der Waals surface area contributed by atoms with E-state index in [4.69, 9.17) is 0 Å². The van der Waals surface area contributed by atoms with Crippen LogP contribution in [0.2, 0.25) is 0 Å². The number of hydrogen-bond donors (Lipinski definition) is 2. The third kappa shape index (κ3) is 1.95. The van der Waals surface area contributed by atoms with E-state index >= 15 is 0 Å². The van der Waals surface area contributed by atoms with Gasteiger partial charge in [0.2, 0.25) is 0 Å². The van der Waals surface area contributed by atoms with Gasteiger partial charge in [-0.05, 0) is 13.0 Å². The summed E-state index contributed by atoms with van der Waals surface area (Å²) in [5.41, 5.74) is 6.36. The highest BCUT2D eigenvalue weighted by atomic mass is 14.9. The molecule has 0 atom stereocenters. The third-order valence-electron chi connectivity index (χ3n) is 1.65. The Balaban J connectivity index is 2.83. The molecule has 1 aromatic rings. The fraction of sp³-hybridized carbons (Fsp3) is 0.333. The summed E-state index contributed by atoms with van der Waals surface area (Å²) >= 11 is 0. The van der Waals surface area contributed by atoms with Crippen molar-refractivity contribution >= 4 is 5.69 Å². The van der Waals surface area contributed by atoms with Crippen molar-refractivity contribution in [3.8, 4) is 0 Å². The summed E-state index contributed by atoms with van der Waals surface area (Å²) in [7, 11) is 0. The molecule has 60 valence electrons. The number of rotatable bonds is 3. The second-order valence-corrected chi connectivity index (χ2v) is 2.44. The molecule has 11 heavy (non-hydrogen) atoms. The number of nitrogens with one attached hydrogen (secondary N) is 1. The van der Waals surface area contributed by atoms with Crippen molar-refractivity contribution < 1.29 is 5.73 Å². The Bertz CT molecular complexity index is 221. The highest BCUT2D eigenvalue weighted by Gasteiger charge is 1.97. The molecule has 0 heterocycles. The van der Waals surface area contributed by atoms with Gasteiger partial charge in [-0.3, -0.25) is 0 Å². The molecule has 0 aromatic heterocycles. The molecule has 0 radical (unpaired) electrons. The van der Waals surface area contributed by atoms with E-state index < -0.39 is 0 Å². The minimum absolute atomic E-state index is 0.850. The zero-order valence-corrected chi connectivity index (χ0v) is 6.93. The van der Waals surface area contributed by atoms with Crippen LogP contribution in [0.4, 0.5) is 5.69 Å². The van der Waals surface area contributed by atoms with Gasteiger partial charge in [0.15, 0.2) is 0 Å². The zero-order chi connectivity index (χ0) is 8.10. The van der Waals surface area contributed by atoms with Crippen molar-refractivity contribution in [1.29, 1.82) is 0 Å². The molecule has 0 fully saturated rings. The standard InChI is InChI=1S/C9H14N2/c1-2-11-9-6-4-3-5-8(9)7-10/h3-6,11H,2,7,10H2,1H3/p+1. The van der Waals surface area contributed by atoms with Crippen LogP contribution < -0.4 is 11.1 Å². The lowest BCUT2D eigenvalue weighted by Crippen LogP contribution is -2.47. The van der Waals surface area contributed by atoms with E-state index in [-0.39, 0.29) is 0 Å². The maximum Gasteiger partial charge on any atom is 0.102 e. The number of quaternary nitrogens is 1. The number of benzene rings is 1. The molecule has 0 aliphatic heterocycles. The molecule has 0 aliphatic carbocycles. The lowest BCUT2D eigenvalue weighted by Gasteiger charge is -2.06. The molecule has 0 spiro atoms. The van der Waals surface area contributed by atoms with E-state index in [9.17, 15) is 0 Å². The van der Waals surface area contributed by atoms with Crippen molar-refractivity contribution in [2.24, 2.45) is 0 Å². The first kappa shape index (κ1) is 8.08. The van der Waals surface area contributed by atoms with Crippen LogP contribution in [0.15, 0.2) is 24.3 Å². The fourth-order valence-corrected chi connectivity index (χ4v) is 1.10. The summed E-state index contributed by atoms with van der Waals surface area (Å²) in [6, 6.07) is 8.27. The van der Waals surface area contributed by atoms with Gasteiger partial charge >= 0.3 is 0 Å². The van der Waals surface area contributed by atoms with E-state index in [1.807, 2.05) is 12.1 Å². The normalized spacial score (nSPS) is 9.64. The second-order valence-electron chi connectivity index (χ2n) is 2.44. The Hall–Kier alpha value is -1.02. The summed E-state index contributed by atoms with van der Waals surface area (Å²) in [6.45, 7) is 3.92. The lowest BCUT2D eigenvalue weighted by molar-refractivity contribution is -0.386. The molecule has 2 heteroatoms. The number of para-hydroxylation sites is 1. The SMILES string of the molecule is CCNc1ccccc1C[NH3+]. The average Bonchev–Trinajstić information content (AvgIpc) is 2.06. The van der Waals surface area contributed by atoms with E-state index in [0.29, 0.717) is 0 Å². The fourth-order valence-electron chi connectivity index (χ4n) is 1.10. The molecule has 1 aromatic carbocycles. The van der Waals surface area contributed by atoms with Crippen LogP contribution in [0, 0.1) is 0 Å². The topological polar surface area (TPSA) is 39.7 Å². The van der Waals surface area contributed by atoms with E-state index in [0.717, 1.165) is 13.1 Å². The van der Waals surface area contributed by atoms with E-state index in [2.05, 4.69) is 30.1 Å². The molecule has 2 nitrogen and oxygen atoms in total. The molecular weight excluding hydrogens is 136 g/mol. The van der Waals surface area contributed by atoms with Crippen molar-refractivity contribution in [2.45, 2.75) is 13.5 Å². The summed E-state index contributed by atoms with van der Waals surface area (Å²) < 4.78 is 0. The van der Waals surface area contributed by atoms with Crippen LogP contribution in [0.1, 0.15) is 12.5 Å². The van der Waals surface area contributed by atoms with Gasteiger partial charge in [0.05, 0.1) is 0 Å². The average molecular weight is 151 g/mol. The Morgan fingerprint density at radius 2 is 2.09 bits per heavy atom. The first-order chi connectivity index (χ1) is 5.38. The summed E-state index contributed by atoms with van der Waals surface area (Å²) in [6.07, 6.45) is 0. The lowest BCUT2D eigenvalue weighted by atomic mass is 10.2. The molecule has 4 N–H and O–H groups in total. The minimum atomic E-state index is 0.850. The molecule has 0 saturated heterocycles. The molecular formula is C9H15N2+. The van der Waals surface area contributed by atoms with Crippen LogP contribution in [0.25, 0.3) is 0 Å². The Morgan fingerprint density at radius 1 is 1.36 bits per heavy atom. The molecule has 0 unspecified atom stereocenters. The van der Waals surface area contributed by atoms with Crippen molar-refractivity contribution in [3.63, 3.8) is 0 Å². The summed E-state index contributed by atoms with van der Waals surface area (Å²) in [5.74, 6) is 0. The van der Waals surface area contributed by atoms with Crippen LogP contribution in [-0.4, -0.2) is 6.54 Å². The van der Waals surface area contributed by atoms with Gasteiger partial charge in [-0.1, -0.05) is 18.2 Å². The zero-order valence-electron chi connectivity index (χ0n) is 6.93. The highest BCUT2D eigenvalue weighted by molar-refractivity contribution is 5.50. The molecule has 0 aliphatic rings. The van der Waals surface area contributed by atoms with Crippen molar-refractivity contribution in [2.75, 3.05) is 11.9 Å². The monoisotopic (exact) mass is 151 g/mol. The Kier molecular flexibility index (Phi) is 2.93. The van der Waals surface area contributed by atoms with Gasteiger partial charge in [0.25, 0.3) is 0 Å². The largest absolute Gasteiger partial charge is 0.385 e.